The fourth-order valence-corrected chi connectivity index (χ4v) is 3.13. The van der Waals surface area contributed by atoms with Crippen molar-refractivity contribution in [3.63, 3.8) is 0 Å². The van der Waals surface area contributed by atoms with Crippen molar-refractivity contribution in [2.24, 2.45) is 16.8 Å². The van der Waals surface area contributed by atoms with Gasteiger partial charge in [-0.15, -0.1) is 0 Å². The number of guanidine groups is 1. The molecule has 0 bridgehead atoms. The second-order valence-electron chi connectivity index (χ2n) is 7.02. The molecule has 0 radical (unpaired) electrons. The summed E-state index contributed by atoms with van der Waals surface area (Å²) in [6.07, 6.45) is 6.44. The van der Waals surface area contributed by atoms with E-state index >= 15 is 0 Å². The fourth-order valence-electron chi connectivity index (χ4n) is 3.13. The van der Waals surface area contributed by atoms with Crippen molar-refractivity contribution in [1.82, 2.24) is 15.5 Å². The van der Waals surface area contributed by atoms with Crippen LogP contribution in [0.15, 0.2) is 4.99 Å². The normalized spacial score (nSPS) is 20.4. The van der Waals surface area contributed by atoms with E-state index in [1.54, 1.807) is 0 Å². The lowest BCUT2D eigenvalue weighted by atomic mass is 9.97. The first kappa shape index (κ1) is 19.3. The van der Waals surface area contributed by atoms with Crippen LogP contribution in [0.3, 0.4) is 0 Å². The lowest BCUT2D eigenvalue weighted by Crippen LogP contribution is -2.40. The van der Waals surface area contributed by atoms with E-state index in [4.69, 9.17) is 4.99 Å². The molecule has 1 atom stereocenters. The first-order valence-electron chi connectivity index (χ1n) is 9.40. The number of nitrogens with zero attached hydrogens (tertiary/aromatic N) is 2. The molecule has 0 aromatic carbocycles. The molecule has 4 heteroatoms. The van der Waals surface area contributed by atoms with Gasteiger partial charge in [0.15, 0.2) is 5.96 Å². The van der Waals surface area contributed by atoms with E-state index in [0.29, 0.717) is 0 Å². The largest absolute Gasteiger partial charge is 0.357 e. The van der Waals surface area contributed by atoms with Crippen molar-refractivity contribution in [2.45, 2.75) is 59.8 Å². The van der Waals surface area contributed by atoms with Crippen molar-refractivity contribution in [2.75, 3.05) is 39.3 Å². The van der Waals surface area contributed by atoms with Crippen molar-refractivity contribution in [3.8, 4) is 0 Å². The number of rotatable bonds is 9. The van der Waals surface area contributed by atoms with Crippen LogP contribution in [0.5, 0.6) is 0 Å². The number of aliphatic imine (C=N–C) groups is 1. The van der Waals surface area contributed by atoms with Crippen LogP contribution < -0.4 is 10.6 Å². The molecule has 2 N–H and O–H groups in total. The van der Waals surface area contributed by atoms with Crippen molar-refractivity contribution in [1.29, 1.82) is 0 Å². The maximum absolute atomic E-state index is 4.82. The molecule has 1 fully saturated rings. The highest BCUT2D eigenvalue weighted by Crippen LogP contribution is 2.17. The third-order valence-electron chi connectivity index (χ3n) is 4.15. The molecule has 1 aliphatic heterocycles. The van der Waals surface area contributed by atoms with Gasteiger partial charge in [0, 0.05) is 32.7 Å². The van der Waals surface area contributed by atoms with E-state index < -0.39 is 0 Å². The SMILES string of the molecule is CCCCCNC(=NCC1CCCN(CC(C)C)C1)NCC. The summed E-state index contributed by atoms with van der Waals surface area (Å²) in [5.41, 5.74) is 0. The fraction of sp³-hybridized carbons (Fsp3) is 0.944. The zero-order valence-electron chi connectivity index (χ0n) is 15.3. The molecule has 0 amide bonds. The highest BCUT2D eigenvalue weighted by atomic mass is 15.2. The number of unbranched alkanes of at least 4 members (excludes halogenated alkanes) is 2. The minimum atomic E-state index is 0.721. The number of piperidine rings is 1. The van der Waals surface area contributed by atoms with E-state index in [9.17, 15) is 0 Å². The highest BCUT2D eigenvalue weighted by Gasteiger charge is 2.20. The molecule has 1 unspecified atom stereocenters. The summed E-state index contributed by atoms with van der Waals surface area (Å²) in [5, 5.41) is 6.83. The second kappa shape index (κ2) is 11.8. The van der Waals surface area contributed by atoms with Crippen LogP contribution in [0.4, 0.5) is 0 Å². The van der Waals surface area contributed by atoms with Crippen LogP contribution in [0.2, 0.25) is 0 Å². The Morgan fingerprint density at radius 1 is 1.23 bits per heavy atom. The van der Waals surface area contributed by atoms with E-state index in [1.807, 2.05) is 0 Å². The van der Waals surface area contributed by atoms with Gasteiger partial charge < -0.3 is 15.5 Å². The predicted octanol–water partition coefficient (Wildman–Crippen LogP) is 3.10. The smallest absolute Gasteiger partial charge is 0.191 e. The lowest BCUT2D eigenvalue weighted by molar-refractivity contribution is 0.162. The maximum atomic E-state index is 4.82. The summed E-state index contributed by atoms with van der Waals surface area (Å²) >= 11 is 0. The van der Waals surface area contributed by atoms with Gasteiger partial charge in [0.2, 0.25) is 0 Å². The van der Waals surface area contributed by atoms with Gasteiger partial charge in [-0.05, 0) is 44.6 Å². The summed E-state index contributed by atoms with van der Waals surface area (Å²) in [6, 6.07) is 0. The Bertz CT molecular complexity index is 301. The minimum absolute atomic E-state index is 0.721. The van der Waals surface area contributed by atoms with Crippen LogP contribution >= 0.6 is 0 Å². The van der Waals surface area contributed by atoms with Gasteiger partial charge in [-0.25, -0.2) is 0 Å². The first-order chi connectivity index (χ1) is 10.7. The average molecular weight is 311 g/mol. The Balaban J connectivity index is 2.36. The van der Waals surface area contributed by atoms with Gasteiger partial charge in [-0.1, -0.05) is 33.6 Å². The summed E-state index contributed by atoms with van der Waals surface area (Å²) in [7, 11) is 0. The van der Waals surface area contributed by atoms with Gasteiger partial charge >= 0.3 is 0 Å². The highest BCUT2D eigenvalue weighted by molar-refractivity contribution is 5.79. The van der Waals surface area contributed by atoms with Crippen LogP contribution in [0.1, 0.15) is 59.8 Å². The van der Waals surface area contributed by atoms with Gasteiger partial charge in [-0.3, -0.25) is 4.99 Å². The predicted molar refractivity (Wildman–Crippen MR) is 97.5 cm³/mol. The maximum Gasteiger partial charge on any atom is 0.191 e. The number of hydrogen-bond acceptors (Lipinski definition) is 2. The summed E-state index contributed by atoms with van der Waals surface area (Å²) in [6.45, 7) is 15.6. The number of nitrogens with one attached hydrogen (secondary N) is 2. The molecular weight excluding hydrogens is 272 g/mol. The lowest BCUT2D eigenvalue weighted by Gasteiger charge is -2.33. The van der Waals surface area contributed by atoms with Crippen LogP contribution in [0, 0.1) is 11.8 Å². The van der Waals surface area contributed by atoms with Crippen LogP contribution in [0.25, 0.3) is 0 Å². The molecule has 0 aromatic rings. The average Bonchev–Trinajstić information content (AvgIpc) is 2.49. The summed E-state index contributed by atoms with van der Waals surface area (Å²) < 4.78 is 0. The van der Waals surface area contributed by atoms with Crippen LogP contribution in [-0.2, 0) is 0 Å². The van der Waals surface area contributed by atoms with E-state index in [-0.39, 0.29) is 0 Å². The van der Waals surface area contributed by atoms with Crippen molar-refractivity contribution in [3.05, 3.63) is 0 Å². The van der Waals surface area contributed by atoms with E-state index in [2.05, 4.69) is 43.2 Å². The topological polar surface area (TPSA) is 39.7 Å². The summed E-state index contributed by atoms with van der Waals surface area (Å²) in [4.78, 5) is 7.44. The first-order valence-corrected chi connectivity index (χ1v) is 9.40. The minimum Gasteiger partial charge on any atom is -0.357 e. The zero-order chi connectivity index (χ0) is 16.2. The van der Waals surface area contributed by atoms with Crippen molar-refractivity contribution >= 4 is 5.96 Å². The molecule has 0 aromatic heterocycles. The third kappa shape index (κ3) is 8.62. The van der Waals surface area contributed by atoms with Crippen molar-refractivity contribution < 1.29 is 0 Å². The molecule has 4 nitrogen and oxygen atoms in total. The Morgan fingerprint density at radius 3 is 2.73 bits per heavy atom. The Labute approximate surface area is 138 Å². The zero-order valence-corrected chi connectivity index (χ0v) is 15.3. The second-order valence-corrected chi connectivity index (χ2v) is 7.02. The molecular formula is C18H38N4. The molecule has 0 saturated carbocycles. The standard InChI is InChI=1S/C18H38N4/c1-5-7-8-11-20-18(19-6-2)21-13-17-10-9-12-22(15-17)14-16(3)4/h16-17H,5-15H2,1-4H3,(H2,19,20,21). The van der Waals surface area contributed by atoms with E-state index in [1.165, 1.54) is 51.7 Å². The molecule has 1 heterocycles. The number of hydrogen-bond donors (Lipinski definition) is 2. The van der Waals surface area contributed by atoms with Gasteiger partial charge in [0.1, 0.15) is 0 Å². The Morgan fingerprint density at radius 2 is 2.05 bits per heavy atom. The third-order valence-corrected chi connectivity index (χ3v) is 4.15. The monoisotopic (exact) mass is 310 g/mol. The summed E-state index contributed by atoms with van der Waals surface area (Å²) in [5.74, 6) is 2.48. The molecule has 0 aliphatic carbocycles. The van der Waals surface area contributed by atoms with Gasteiger partial charge in [0.05, 0.1) is 0 Å². The number of likely N-dealkylation sites (tertiary alicyclic amines) is 1. The Hall–Kier alpha value is -0.770. The quantitative estimate of drug-likeness (QED) is 0.390. The van der Waals surface area contributed by atoms with Crippen LogP contribution in [-0.4, -0.2) is 50.1 Å². The van der Waals surface area contributed by atoms with E-state index in [0.717, 1.165) is 37.4 Å². The molecule has 0 spiro atoms. The van der Waals surface area contributed by atoms with Gasteiger partial charge in [-0.2, -0.15) is 0 Å². The molecule has 22 heavy (non-hydrogen) atoms. The Kier molecular flexibility index (Phi) is 10.3. The molecule has 1 rings (SSSR count). The molecule has 130 valence electrons. The molecule has 1 aliphatic rings. The molecule has 1 saturated heterocycles. The van der Waals surface area contributed by atoms with Gasteiger partial charge in [0.25, 0.3) is 0 Å².